The number of amides is 1. The Morgan fingerprint density at radius 2 is 1.40 bits per heavy atom. The van der Waals surface area contributed by atoms with Gasteiger partial charge in [-0.3, -0.25) is 0 Å². The summed E-state index contributed by atoms with van der Waals surface area (Å²) in [4.78, 5) is 21.9. The van der Waals surface area contributed by atoms with Crippen LogP contribution in [0.3, 0.4) is 0 Å². The van der Waals surface area contributed by atoms with Crippen molar-refractivity contribution in [2.24, 2.45) is 11.8 Å². The highest BCUT2D eigenvalue weighted by molar-refractivity contribution is 5.68. The largest absolute Gasteiger partial charge is 0.444 e. The van der Waals surface area contributed by atoms with Crippen LogP contribution >= 0.6 is 0 Å². The van der Waals surface area contributed by atoms with Crippen molar-refractivity contribution in [3.8, 4) is 0 Å². The van der Waals surface area contributed by atoms with E-state index in [1.54, 1.807) is 0 Å². The number of nitrogens with one attached hydrogen (secondary N) is 1. The number of carbonyl (C=O) groups excluding carboxylic acids is 1. The number of imidazole rings is 2. The van der Waals surface area contributed by atoms with Crippen LogP contribution in [0.25, 0.3) is 0 Å². The Morgan fingerprint density at radius 3 is 1.86 bits per heavy atom. The lowest BCUT2D eigenvalue weighted by Gasteiger charge is -2.33. The average Bonchev–Trinajstić information content (AvgIpc) is 3.54. The Kier molecular flexibility index (Phi) is 11.1. The maximum atomic E-state index is 12.0. The van der Waals surface area contributed by atoms with Crippen LogP contribution in [0.5, 0.6) is 0 Å². The van der Waals surface area contributed by atoms with Crippen molar-refractivity contribution < 1.29 is 9.53 Å². The molecule has 0 bridgehead atoms. The summed E-state index contributed by atoms with van der Waals surface area (Å²) in [7, 11) is 0. The fraction of sp³-hybridized carbons (Fsp3) is 0.741. The number of piperidine rings is 2. The number of aromatic nitrogens is 4. The molecule has 196 valence electrons. The third kappa shape index (κ3) is 10.8. The lowest BCUT2D eigenvalue weighted by molar-refractivity contribution is 0.0180. The van der Waals surface area contributed by atoms with E-state index in [4.69, 9.17) is 4.74 Å². The molecule has 2 fully saturated rings. The third-order valence-electron chi connectivity index (χ3n) is 6.90. The van der Waals surface area contributed by atoms with E-state index < -0.39 is 5.60 Å². The summed E-state index contributed by atoms with van der Waals surface area (Å²) in [6.45, 7) is 12.0. The molecule has 1 N–H and O–H groups in total. The van der Waals surface area contributed by atoms with Gasteiger partial charge in [-0.05, 0) is 97.1 Å². The van der Waals surface area contributed by atoms with E-state index in [0.717, 1.165) is 50.9 Å². The Hall–Kier alpha value is -2.35. The number of hydrogen-bond acceptors (Lipinski definition) is 5. The second-order valence-electron chi connectivity index (χ2n) is 11.0. The molecule has 4 rings (SSSR count). The average molecular weight is 487 g/mol. The molecule has 0 atom stereocenters. The Morgan fingerprint density at radius 1 is 0.886 bits per heavy atom. The van der Waals surface area contributed by atoms with Crippen LogP contribution in [-0.4, -0.2) is 61.9 Å². The minimum absolute atomic E-state index is 0.167. The number of nitrogens with zero attached hydrogens (tertiary/aromatic N) is 5. The molecule has 2 saturated heterocycles. The lowest BCUT2D eigenvalue weighted by atomic mass is 9.92. The molecule has 1 amide bonds. The van der Waals surface area contributed by atoms with Crippen LogP contribution in [0.2, 0.25) is 0 Å². The van der Waals surface area contributed by atoms with E-state index >= 15 is 0 Å². The number of likely N-dealkylation sites (tertiary alicyclic amines) is 1. The molecule has 2 aliphatic rings. The summed E-state index contributed by atoms with van der Waals surface area (Å²) in [6, 6.07) is 0. The van der Waals surface area contributed by atoms with Gasteiger partial charge in [0.05, 0.1) is 12.7 Å². The van der Waals surface area contributed by atoms with Gasteiger partial charge in [-0.15, -0.1) is 0 Å². The zero-order valence-corrected chi connectivity index (χ0v) is 22.1. The van der Waals surface area contributed by atoms with Gasteiger partial charge in [-0.25, -0.2) is 14.8 Å². The zero-order chi connectivity index (χ0) is 24.9. The van der Waals surface area contributed by atoms with Crippen LogP contribution < -0.4 is 5.32 Å². The first-order valence-electron chi connectivity index (χ1n) is 13.5. The first kappa shape index (κ1) is 27.2. The standard InChI is InChI=1S/C16H27N3O2.C11H19N3/c1-16(2,3)21-15(20)19-10-6-14(7-11-19)5-4-9-18-12-8-17-13-18;1(8-14-9-7-13-10-14)2-11-3-5-12-6-4-11/h8,12-14H,4-7,9-11H2,1-3H3;7,9-12H,1-6,8H2. The van der Waals surface area contributed by atoms with E-state index in [-0.39, 0.29) is 6.09 Å². The summed E-state index contributed by atoms with van der Waals surface area (Å²) in [5, 5.41) is 3.40. The SMILES string of the molecule is CC(C)(C)OC(=O)N1CCC(CCCn2ccnc2)CC1.c1cn(CCCC2CCNCC2)cn1. The van der Waals surface area contributed by atoms with Crippen LogP contribution in [0, 0.1) is 11.8 Å². The van der Waals surface area contributed by atoms with E-state index in [0.29, 0.717) is 0 Å². The molecule has 8 nitrogen and oxygen atoms in total. The first-order valence-corrected chi connectivity index (χ1v) is 13.5. The summed E-state index contributed by atoms with van der Waals surface area (Å²) < 4.78 is 9.71. The fourth-order valence-corrected chi connectivity index (χ4v) is 4.86. The predicted octanol–water partition coefficient (Wildman–Crippen LogP) is 4.97. The van der Waals surface area contributed by atoms with Gasteiger partial charge in [-0.1, -0.05) is 0 Å². The Labute approximate surface area is 211 Å². The van der Waals surface area contributed by atoms with Gasteiger partial charge < -0.3 is 24.1 Å². The summed E-state index contributed by atoms with van der Waals surface area (Å²) in [5.74, 6) is 1.69. The minimum atomic E-state index is -0.404. The van der Waals surface area contributed by atoms with Gasteiger partial charge in [0.2, 0.25) is 0 Å². The molecule has 2 aliphatic heterocycles. The van der Waals surface area contributed by atoms with Crippen molar-refractivity contribution in [3.05, 3.63) is 37.4 Å². The van der Waals surface area contributed by atoms with Crippen LogP contribution in [0.1, 0.15) is 72.1 Å². The molecule has 35 heavy (non-hydrogen) atoms. The summed E-state index contributed by atoms with van der Waals surface area (Å²) in [5.41, 5.74) is -0.404. The van der Waals surface area contributed by atoms with Crippen molar-refractivity contribution in [1.82, 2.24) is 29.3 Å². The number of hydrogen-bond donors (Lipinski definition) is 1. The highest BCUT2D eigenvalue weighted by atomic mass is 16.6. The van der Waals surface area contributed by atoms with Crippen molar-refractivity contribution >= 4 is 6.09 Å². The second-order valence-corrected chi connectivity index (χ2v) is 11.0. The first-order chi connectivity index (χ1) is 16.9. The van der Waals surface area contributed by atoms with Crippen LogP contribution in [0.15, 0.2) is 37.4 Å². The molecule has 2 aromatic rings. The van der Waals surface area contributed by atoms with Crippen LogP contribution in [-0.2, 0) is 17.8 Å². The smallest absolute Gasteiger partial charge is 0.410 e. The quantitative estimate of drug-likeness (QED) is 0.570. The third-order valence-corrected chi connectivity index (χ3v) is 6.90. The van der Waals surface area contributed by atoms with Crippen molar-refractivity contribution in [2.45, 2.75) is 90.8 Å². The molecule has 0 aromatic carbocycles. The normalized spacial score (nSPS) is 17.6. The number of carbonyl (C=O) groups is 1. The molecule has 0 spiro atoms. The molecule has 0 unspecified atom stereocenters. The van der Waals surface area contributed by atoms with E-state index in [2.05, 4.69) is 24.4 Å². The topological polar surface area (TPSA) is 77.2 Å². The maximum Gasteiger partial charge on any atom is 0.410 e. The molecule has 2 aromatic heterocycles. The van der Waals surface area contributed by atoms with Gasteiger partial charge in [-0.2, -0.15) is 0 Å². The minimum Gasteiger partial charge on any atom is -0.444 e. The van der Waals surface area contributed by atoms with E-state index in [9.17, 15) is 4.79 Å². The molecular weight excluding hydrogens is 440 g/mol. The van der Waals surface area contributed by atoms with Crippen LogP contribution in [0.4, 0.5) is 4.79 Å². The van der Waals surface area contributed by atoms with Gasteiger partial charge in [0.1, 0.15) is 5.60 Å². The highest BCUT2D eigenvalue weighted by Crippen LogP contribution is 2.23. The van der Waals surface area contributed by atoms with E-state index in [1.165, 1.54) is 51.6 Å². The van der Waals surface area contributed by atoms with Crippen molar-refractivity contribution in [2.75, 3.05) is 26.2 Å². The molecule has 0 aliphatic carbocycles. The monoisotopic (exact) mass is 486 g/mol. The number of ether oxygens (including phenoxy) is 1. The van der Waals surface area contributed by atoms with Gasteiger partial charge in [0.25, 0.3) is 0 Å². The fourth-order valence-electron chi connectivity index (χ4n) is 4.86. The van der Waals surface area contributed by atoms with Gasteiger partial charge in [0, 0.05) is 51.0 Å². The van der Waals surface area contributed by atoms with Crippen molar-refractivity contribution in [3.63, 3.8) is 0 Å². The number of rotatable bonds is 8. The predicted molar refractivity (Wildman–Crippen MR) is 139 cm³/mol. The molecule has 0 saturated carbocycles. The molecule has 8 heteroatoms. The highest BCUT2D eigenvalue weighted by Gasteiger charge is 2.26. The lowest BCUT2D eigenvalue weighted by Crippen LogP contribution is -2.41. The van der Waals surface area contributed by atoms with Gasteiger partial charge in [0.15, 0.2) is 0 Å². The van der Waals surface area contributed by atoms with Gasteiger partial charge >= 0.3 is 6.09 Å². The summed E-state index contributed by atoms with van der Waals surface area (Å²) in [6.07, 6.45) is 21.3. The van der Waals surface area contributed by atoms with Crippen molar-refractivity contribution in [1.29, 1.82) is 0 Å². The van der Waals surface area contributed by atoms with E-state index in [1.807, 2.05) is 63.1 Å². The molecule has 0 radical (unpaired) electrons. The molecular formula is C27H46N6O2. The Balaban J connectivity index is 0.000000211. The second kappa shape index (κ2) is 14.3. The molecule has 4 heterocycles. The number of aryl methyl sites for hydroxylation is 2. The zero-order valence-electron chi connectivity index (χ0n) is 22.1. The maximum absolute atomic E-state index is 12.0. The Bertz CT molecular complexity index is 801. The summed E-state index contributed by atoms with van der Waals surface area (Å²) >= 11 is 0.